The second-order valence-electron chi connectivity index (χ2n) is 5.80. The third-order valence-corrected chi connectivity index (χ3v) is 4.14. The van der Waals surface area contributed by atoms with Crippen LogP contribution in [0, 0.1) is 6.92 Å². The molecule has 6 nitrogen and oxygen atoms in total. The van der Waals surface area contributed by atoms with E-state index in [-0.39, 0.29) is 11.8 Å². The van der Waals surface area contributed by atoms with Gasteiger partial charge >= 0.3 is 0 Å². The van der Waals surface area contributed by atoms with E-state index in [0.29, 0.717) is 26.2 Å². The number of hydrogen-bond donors (Lipinski definition) is 0. The molecule has 1 saturated heterocycles. The molecule has 6 heteroatoms. The molecule has 0 aromatic carbocycles. The fourth-order valence-electron chi connectivity index (χ4n) is 2.82. The molecule has 0 spiro atoms. The van der Waals surface area contributed by atoms with Gasteiger partial charge in [0.15, 0.2) is 0 Å². The number of carbonyl (C=O) groups is 2. The van der Waals surface area contributed by atoms with Crippen LogP contribution in [0.1, 0.15) is 11.3 Å². The van der Waals surface area contributed by atoms with Crippen molar-refractivity contribution in [3.05, 3.63) is 23.5 Å². The van der Waals surface area contributed by atoms with Crippen molar-refractivity contribution in [3.63, 3.8) is 0 Å². The first-order valence-corrected chi connectivity index (χ1v) is 7.27. The number of anilines is 1. The first-order chi connectivity index (χ1) is 10.0. The summed E-state index contributed by atoms with van der Waals surface area (Å²) in [4.78, 5) is 34.0. The lowest BCUT2D eigenvalue weighted by Gasteiger charge is -2.32. The van der Waals surface area contributed by atoms with Gasteiger partial charge in [-0.2, -0.15) is 0 Å². The quantitative estimate of drug-likeness (QED) is 0.772. The molecule has 1 aromatic heterocycles. The Morgan fingerprint density at radius 3 is 2.90 bits per heavy atom. The number of amides is 2. The van der Waals surface area contributed by atoms with Crippen LogP contribution in [0.5, 0.6) is 0 Å². The van der Waals surface area contributed by atoms with E-state index in [4.69, 9.17) is 0 Å². The summed E-state index contributed by atoms with van der Waals surface area (Å²) in [6, 6.07) is 2.02. The molecule has 1 aromatic rings. The van der Waals surface area contributed by atoms with Crippen LogP contribution >= 0.6 is 0 Å². The Bertz CT molecular complexity index is 587. The molecule has 3 rings (SSSR count). The van der Waals surface area contributed by atoms with Gasteiger partial charge in [0.25, 0.3) is 0 Å². The summed E-state index contributed by atoms with van der Waals surface area (Å²) in [5.74, 6) is 0.131. The molecule has 0 N–H and O–H groups in total. The predicted molar refractivity (Wildman–Crippen MR) is 79.1 cm³/mol. The zero-order chi connectivity index (χ0) is 15.0. The number of piperazine rings is 1. The lowest BCUT2D eigenvalue weighted by Crippen LogP contribution is -2.51. The van der Waals surface area contributed by atoms with Gasteiger partial charge in [-0.3, -0.25) is 19.5 Å². The average Bonchev–Trinajstić information content (AvgIpc) is 2.86. The van der Waals surface area contributed by atoms with Gasteiger partial charge in [0, 0.05) is 39.3 Å². The van der Waals surface area contributed by atoms with Crippen LogP contribution in [-0.2, 0) is 16.0 Å². The smallest absolute Gasteiger partial charge is 0.241 e. The van der Waals surface area contributed by atoms with Crippen molar-refractivity contribution in [1.29, 1.82) is 0 Å². The molecule has 0 saturated carbocycles. The standard InChI is InChI=1S/C15H20N4O2/c1-11-7-13-12(16-8-11)3-4-19(13)15(21)10-18-6-5-17(2)14(20)9-18/h7-8H,3-6,9-10H2,1-2H3. The van der Waals surface area contributed by atoms with Crippen LogP contribution < -0.4 is 4.90 Å². The lowest BCUT2D eigenvalue weighted by molar-refractivity contribution is -0.135. The Kier molecular flexibility index (Phi) is 3.63. The topological polar surface area (TPSA) is 56.8 Å². The highest BCUT2D eigenvalue weighted by molar-refractivity contribution is 5.96. The van der Waals surface area contributed by atoms with Gasteiger partial charge in [-0.25, -0.2) is 0 Å². The second kappa shape index (κ2) is 5.44. The van der Waals surface area contributed by atoms with Gasteiger partial charge in [0.2, 0.25) is 11.8 Å². The first kappa shape index (κ1) is 14.0. The first-order valence-electron chi connectivity index (χ1n) is 7.27. The number of carbonyl (C=O) groups excluding carboxylic acids is 2. The van der Waals surface area contributed by atoms with E-state index < -0.39 is 0 Å². The molecule has 1 fully saturated rings. The van der Waals surface area contributed by atoms with E-state index in [1.165, 1.54) is 0 Å². The summed E-state index contributed by atoms with van der Waals surface area (Å²) in [6.45, 7) is 4.73. The maximum Gasteiger partial charge on any atom is 0.241 e. The van der Waals surface area contributed by atoms with E-state index in [9.17, 15) is 9.59 Å². The molecular weight excluding hydrogens is 268 g/mol. The molecule has 0 unspecified atom stereocenters. The summed E-state index contributed by atoms with van der Waals surface area (Å²) in [5.41, 5.74) is 2.98. The minimum atomic E-state index is 0.0542. The number of likely N-dealkylation sites (N-methyl/N-ethyl adjacent to an activating group) is 1. The molecule has 3 heterocycles. The third kappa shape index (κ3) is 2.76. The maximum absolute atomic E-state index is 12.5. The number of fused-ring (bicyclic) bond motifs is 1. The zero-order valence-corrected chi connectivity index (χ0v) is 12.5. The number of rotatable bonds is 2. The van der Waals surface area contributed by atoms with Gasteiger partial charge in [0.05, 0.1) is 24.5 Å². The Morgan fingerprint density at radius 2 is 2.14 bits per heavy atom. The van der Waals surface area contributed by atoms with Crippen molar-refractivity contribution in [3.8, 4) is 0 Å². The van der Waals surface area contributed by atoms with Gasteiger partial charge in [0.1, 0.15) is 0 Å². The van der Waals surface area contributed by atoms with E-state index in [1.807, 2.05) is 24.1 Å². The van der Waals surface area contributed by atoms with E-state index in [2.05, 4.69) is 4.98 Å². The molecule has 2 amide bonds. The second-order valence-corrected chi connectivity index (χ2v) is 5.80. The normalized spacial score (nSPS) is 19.0. The molecule has 112 valence electrons. The Morgan fingerprint density at radius 1 is 1.33 bits per heavy atom. The Labute approximate surface area is 124 Å². The van der Waals surface area contributed by atoms with Crippen molar-refractivity contribution < 1.29 is 9.59 Å². The summed E-state index contributed by atoms with van der Waals surface area (Å²) in [6.07, 6.45) is 2.65. The van der Waals surface area contributed by atoms with Gasteiger partial charge in [-0.1, -0.05) is 0 Å². The fraction of sp³-hybridized carbons (Fsp3) is 0.533. The van der Waals surface area contributed by atoms with Crippen molar-refractivity contribution in [2.75, 3.05) is 44.7 Å². The largest absolute Gasteiger partial charge is 0.343 e. The number of hydrogen-bond acceptors (Lipinski definition) is 4. The minimum Gasteiger partial charge on any atom is -0.343 e. The van der Waals surface area contributed by atoms with Crippen molar-refractivity contribution in [1.82, 2.24) is 14.8 Å². The fourth-order valence-corrected chi connectivity index (χ4v) is 2.82. The molecule has 0 radical (unpaired) electrons. The number of aromatic nitrogens is 1. The van der Waals surface area contributed by atoms with Crippen LogP contribution in [0.3, 0.4) is 0 Å². The Hall–Kier alpha value is -1.95. The highest BCUT2D eigenvalue weighted by Gasteiger charge is 2.29. The summed E-state index contributed by atoms with van der Waals surface area (Å²) in [5, 5.41) is 0. The van der Waals surface area contributed by atoms with Crippen LogP contribution in [0.4, 0.5) is 5.69 Å². The number of nitrogens with zero attached hydrogens (tertiary/aromatic N) is 4. The van der Waals surface area contributed by atoms with Gasteiger partial charge in [-0.15, -0.1) is 0 Å². The molecule has 0 bridgehead atoms. The third-order valence-electron chi connectivity index (χ3n) is 4.14. The molecule has 0 atom stereocenters. The molecular formula is C15H20N4O2. The molecule has 0 aliphatic carbocycles. The minimum absolute atomic E-state index is 0.0542. The van der Waals surface area contributed by atoms with Gasteiger partial charge < -0.3 is 9.80 Å². The van der Waals surface area contributed by atoms with E-state index in [0.717, 1.165) is 29.9 Å². The van der Waals surface area contributed by atoms with Crippen molar-refractivity contribution in [2.24, 2.45) is 0 Å². The SMILES string of the molecule is Cc1cnc2c(c1)N(C(=O)CN1CCN(C)C(=O)C1)CC2. The van der Waals surface area contributed by atoms with Crippen molar-refractivity contribution >= 4 is 17.5 Å². The highest BCUT2D eigenvalue weighted by Crippen LogP contribution is 2.27. The summed E-state index contributed by atoms with van der Waals surface area (Å²) >= 11 is 0. The average molecular weight is 288 g/mol. The van der Waals surface area contributed by atoms with Gasteiger partial charge in [-0.05, 0) is 18.6 Å². The van der Waals surface area contributed by atoms with E-state index in [1.54, 1.807) is 16.8 Å². The summed E-state index contributed by atoms with van der Waals surface area (Å²) in [7, 11) is 1.80. The van der Waals surface area contributed by atoms with Crippen LogP contribution in [0.2, 0.25) is 0 Å². The number of aryl methyl sites for hydroxylation is 1. The zero-order valence-electron chi connectivity index (χ0n) is 12.5. The van der Waals surface area contributed by atoms with Crippen LogP contribution in [0.15, 0.2) is 12.3 Å². The van der Waals surface area contributed by atoms with E-state index >= 15 is 0 Å². The van der Waals surface area contributed by atoms with Crippen molar-refractivity contribution in [2.45, 2.75) is 13.3 Å². The molecule has 2 aliphatic rings. The maximum atomic E-state index is 12.5. The summed E-state index contributed by atoms with van der Waals surface area (Å²) < 4.78 is 0. The highest BCUT2D eigenvalue weighted by atomic mass is 16.2. The van der Waals surface area contributed by atoms with Crippen LogP contribution in [0.25, 0.3) is 0 Å². The Balaban J connectivity index is 1.68. The number of pyridine rings is 1. The molecule has 21 heavy (non-hydrogen) atoms. The predicted octanol–water partition coefficient (Wildman–Crippen LogP) is 0.0531. The monoisotopic (exact) mass is 288 g/mol. The lowest BCUT2D eigenvalue weighted by atomic mass is 10.2. The molecule has 2 aliphatic heterocycles. The van der Waals surface area contributed by atoms with Crippen LogP contribution in [-0.4, -0.2) is 66.4 Å².